The maximum absolute atomic E-state index is 12.4. The van der Waals surface area contributed by atoms with Crippen LogP contribution < -0.4 is 4.74 Å². The molecule has 0 fully saturated rings. The second-order valence-electron chi connectivity index (χ2n) is 4.29. The molecule has 2 aromatic rings. The van der Waals surface area contributed by atoms with E-state index >= 15 is 0 Å². The summed E-state index contributed by atoms with van der Waals surface area (Å²) in [5, 5.41) is 18.5. The smallest absolute Gasteiger partial charge is 0.416 e. The molecule has 0 radical (unpaired) electrons. The first-order valence-corrected chi connectivity index (χ1v) is 5.99. The van der Waals surface area contributed by atoms with Crippen molar-refractivity contribution >= 4 is 5.97 Å². The van der Waals surface area contributed by atoms with E-state index < -0.39 is 29.2 Å². The van der Waals surface area contributed by atoms with E-state index in [-0.39, 0.29) is 12.4 Å². The molecule has 0 aliphatic heterocycles. The number of carboxylic acids is 1. The molecule has 2 N–H and O–H groups in total. The number of benzene rings is 1. The van der Waals surface area contributed by atoms with Gasteiger partial charge in [-0.15, -0.1) is 0 Å². The van der Waals surface area contributed by atoms with Crippen molar-refractivity contribution in [3.05, 3.63) is 53.3 Å². The highest BCUT2D eigenvalue weighted by Gasteiger charge is 2.29. The Morgan fingerprint density at radius 2 is 1.82 bits per heavy atom. The second-order valence-corrected chi connectivity index (χ2v) is 4.29. The summed E-state index contributed by atoms with van der Waals surface area (Å²) in [5.74, 6) is -2.17. The van der Waals surface area contributed by atoms with Crippen LogP contribution in [-0.2, 0) is 12.8 Å². The van der Waals surface area contributed by atoms with E-state index in [0.717, 1.165) is 18.3 Å². The minimum Gasteiger partial charge on any atom is -0.503 e. The van der Waals surface area contributed by atoms with Crippen LogP contribution in [0.3, 0.4) is 0 Å². The fourth-order valence-corrected chi connectivity index (χ4v) is 1.66. The molecule has 1 heterocycles. The zero-order chi connectivity index (χ0) is 16.3. The molecular formula is C14H10F3NO4. The van der Waals surface area contributed by atoms with Gasteiger partial charge in [-0.3, -0.25) is 0 Å². The fourth-order valence-electron chi connectivity index (χ4n) is 1.66. The average molecular weight is 313 g/mol. The maximum atomic E-state index is 12.4. The molecule has 0 bridgehead atoms. The van der Waals surface area contributed by atoms with Crippen LogP contribution in [0.15, 0.2) is 36.5 Å². The Bertz CT molecular complexity index is 683. The number of aromatic carboxylic acids is 1. The van der Waals surface area contributed by atoms with Gasteiger partial charge in [0.15, 0.2) is 17.2 Å². The Morgan fingerprint density at radius 1 is 1.18 bits per heavy atom. The molecule has 0 amide bonds. The van der Waals surface area contributed by atoms with Crippen LogP contribution in [-0.4, -0.2) is 21.2 Å². The van der Waals surface area contributed by atoms with E-state index in [1.165, 1.54) is 18.2 Å². The minimum absolute atomic E-state index is 0.118. The topological polar surface area (TPSA) is 79.7 Å². The quantitative estimate of drug-likeness (QED) is 0.906. The maximum Gasteiger partial charge on any atom is 0.416 e. The lowest BCUT2D eigenvalue weighted by atomic mass is 10.1. The largest absolute Gasteiger partial charge is 0.503 e. The van der Waals surface area contributed by atoms with Crippen molar-refractivity contribution < 1.29 is 32.9 Å². The molecule has 22 heavy (non-hydrogen) atoms. The number of hydrogen-bond acceptors (Lipinski definition) is 4. The Balaban J connectivity index is 2.11. The van der Waals surface area contributed by atoms with E-state index in [1.54, 1.807) is 0 Å². The van der Waals surface area contributed by atoms with Gasteiger partial charge in [-0.2, -0.15) is 13.2 Å². The highest BCUT2D eigenvalue weighted by Crippen LogP contribution is 2.30. The van der Waals surface area contributed by atoms with Gasteiger partial charge in [-0.05, 0) is 17.7 Å². The number of carboxylic acid groups (broad SMARTS) is 1. The predicted octanol–water partition coefficient (Wildman–Crippen LogP) is 3.08. The summed E-state index contributed by atoms with van der Waals surface area (Å²) in [6.07, 6.45) is -3.27. The van der Waals surface area contributed by atoms with Gasteiger partial charge < -0.3 is 14.9 Å². The molecule has 8 heteroatoms. The molecule has 0 spiro atoms. The number of carbonyl (C=O) groups is 1. The normalized spacial score (nSPS) is 11.2. The van der Waals surface area contributed by atoms with Crippen molar-refractivity contribution in [1.29, 1.82) is 0 Å². The first-order chi connectivity index (χ1) is 10.3. The van der Waals surface area contributed by atoms with E-state index in [2.05, 4.69) is 4.98 Å². The molecule has 0 aliphatic rings. The summed E-state index contributed by atoms with van der Waals surface area (Å²) in [6.45, 7) is -0.130. The summed E-state index contributed by atoms with van der Waals surface area (Å²) in [4.78, 5) is 14.3. The van der Waals surface area contributed by atoms with Crippen LogP contribution in [0.4, 0.5) is 13.2 Å². The van der Waals surface area contributed by atoms with Gasteiger partial charge >= 0.3 is 12.1 Å². The number of pyridine rings is 1. The van der Waals surface area contributed by atoms with Gasteiger partial charge in [-0.25, -0.2) is 9.78 Å². The van der Waals surface area contributed by atoms with Gasteiger partial charge in [-0.1, -0.05) is 12.1 Å². The van der Waals surface area contributed by atoms with Crippen LogP contribution in [0.25, 0.3) is 0 Å². The SMILES string of the molecule is O=C(O)c1nccc(OCc2ccc(C(F)(F)F)cc2)c1O. The van der Waals surface area contributed by atoms with Crippen molar-refractivity contribution in [3.8, 4) is 11.5 Å². The Morgan fingerprint density at radius 3 is 2.36 bits per heavy atom. The Labute approximate surface area is 122 Å². The zero-order valence-corrected chi connectivity index (χ0v) is 11.0. The van der Waals surface area contributed by atoms with Crippen molar-refractivity contribution in [2.24, 2.45) is 0 Å². The predicted molar refractivity (Wildman–Crippen MR) is 68.6 cm³/mol. The molecule has 0 saturated carbocycles. The number of aromatic nitrogens is 1. The van der Waals surface area contributed by atoms with Crippen LogP contribution in [0.2, 0.25) is 0 Å². The lowest BCUT2D eigenvalue weighted by Gasteiger charge is -2.10. The minimum atomic E-state index is -4.42. The third-order valence-corrected chi connectivity index (χ3v) is 2.77. The van der Waals surface area contributed by atoms with Crippen molar-refractivity contribution in [3.63, 3.8) is 0 Å². The van der Waals surface area contributed by atoms with E-state index in [0.29, 0.717) is 5.56 Å². The summed E-state index contributed by atoms with van der Waals surface area (Å²) in [6, 6.07) is 5.55. The number of aromatic hydroxyl groups is 1. The Kier molecular flexibility index (Phi) is 4.20. The molecule has 1 aromatic heterocycles. The number of nitrogens with zero attached hydrogens (tertiary/aromatic N) is 1. The molecule has 0 saturated heterocycles. The lowest BCUT2D eigenvalue weighted by Crippen LogP contribution is -2.05. The molecule has 0 unspecified atom stereocenters. The Hall–Kier alpha value is -2.77. The number of alkyl halides is 3. The highest BCUT2D eigenvalue weighted by molar-refractivity contribution is 5.89. The van der Waals surface area contributed by atoms with Gasteiger partial charge in [0.05, 0.1) is 5.56 Å². The monoisotopic (exact) mass is 313 g/mol. The molecule has 1 aromatic carbocycles. The molecule has 0 aliphatic carbocycles. The molecule has 2 rings (SSSR count). The van der Waals surface area contributed by atoms with Crippen LogP contribution in [0, 0.1) is 0 Å². The highest BCUT2D eigenvalue weighted by atomic mass is 19.4. The van der Waals surface area contributed by atoms with E-state index in [4.69, 9.17) is 9.84 Å². The standard InChI is InChI=1S/C14H10F3NO4/c15-14(16,17)9-3-1-8(2-4-9)7-22-10-5-6-18-11(12(10)19)13(20)21/h1-6,19H,7H2,(H,20,21). The zero-order valence-electron chi connectivity index (χ0n) is 11.0. The van der Waals surface area contributed by atoms with Crippen LogP contribution in [0.5, 0.6) is 11.5 Å². The first-order valence-electron chi connectivity index (χ1n) is 5.99. The van der Waals surface area contributed by atoms with E-state index in [1.807, 2.05) is 0 Å². The number of hydrogen-bond donors (Lipinski definition) is 2. The average Bonchev–Trinajstić information content (AvgIpc) is 2.45. The number of rotatable bonds is 4. The number of halogens is 3. The number of ether oxygens (including phenoxy) is 1. The van der Waals surface area contributed by atoms with Gasteiger partial charge in [0, 0.05) is 12.3 Å². The summed E-state index contributed by atoms with van der Waals surface area (Å²) in [5.41, 5.74) is -0.915. The third-order valence-electron chi connectivity index (χ3n) is 2.77. The molecule has 0 atom stereocenters. The lowest BCUT2D eigenvalue weighted by molar-refractivity contribution is -0.137. The summed E-state index contributed by atoms with van der Waals surface area (Å²) < 4.78 is 42.5. The van der Waals surface area contributed by atoms with Crippen molar-refractivity contribution in [2.45, 2.75) is 12.8 Å². The van der Waals surface area contributed by atoms with Crippen LogP contribution in [0.1, 0.15) is 21.6 Å². The summed E-state index contributed by atoms with van der Waals surface area (Å²) in [7, 11) is 0. The van der Waals surface area contributed by atoms with Gasteiger partial charge in [0.1, 0.15) is 6.61 Å². The molecular weight excluding hydrogens is 303 g/mol. The molecule has 116 valence electrons. The summed E-state index contributed by atoms with van der Waals surface area (Å²) >= 11 is 0. The molecule has 5 nitrogen and oxygen atoms in total. The van der Waals surface area contributed by atoms with Gasteiger partial charge in [0.25, 0.3) is 0 Å². The van der Waals surface area contributed by atoms with Gasteiger partial charge in [0.2, 0.25) is 0 Å². The van der Waals surface area contributed by atoms with Crippen molar-refractivity contribution in [1.82, 2.24) is 4.98 Å². The third kappa shape index (κ3) is 3.46. The second kappa shape index (κ2) is 5.92. The van der Waals surface area contributed by atoms with Crippen LogP contribution >= 0.6 is 0 Å². The fraction of sp³-hybridized carbons (Fsp3) is 0.143. The van der Waals surface area contributed by atoms with Crippen molar-refractivity contribution in [2.75, 3.05) is 0 Å². The first kappa shape index (κ1) is 15.6. The van der Waals surface area contributed by atoms with E-state index in [9.17, 15) is 23.1 Å².